The van der Waals surface area contributed by atoms with Crippen LogP contribution >= 0.6 is 0 Å². The number of nitrogens with zero attached hydrogens (tertiary/aromatic N) is 1. The summed E-state index contributed by atoms with van der Waals surface area (Å²) < 4.78 is 0. The van der Waals surface area contributed by atoms with E-state index >= 15 is 0 Å². The molecule has 0 heterocycles. The molecule has 0 bridgehead atoms. The Morgan fingerprint density at radius 2 is 1.93 bits per heavy atom. The molecule has 0 aromatic carbocycles. The molecular weight excluding hydrogens is 186 g/mol. The molecule has 0 aliphatic heterocycles. The first-order valence-electron chi connectivity index (χ1n) is 6.30. The fraction of sp³-hybridized carbons (Fsp3) is 0.917. The maximum atomic E-state index is 7.64. The normalized spacial score (nSPS) is 20.5. The summed E-state index contributed by atoms with van der Waals surface area (Å²) in [6.45, 7) is 5.32. The van der Waals surface area contributed by atoms with Crippen LogP contribution < -0.4 is 5.73 Å². The highest BCUT2D eigenvalue weighted by molar-refractivity contribution is 5.82. The third kappa shape index (κ3) is 3.20. The molecule has 0 spiro atoms. The fourth-order valence-corrected chi connectivity index (χ4v) is 2.78. The van der Waals surface area contributed by atoms with Crippen LogP contribution in [0.4, 0.5) is 0 Å². The van der Waals surface area contributed by atoms with Crippen molar-refractivity contribution < 1.29 is 0 Å². The quantitative estimate of drug-likeness (QED) is 0.542. The lowest BCUT2D eigenvalue weighted by atomic mass is 9.92. The van der Waals surface area contributed by atoms with Crippen LogP contribution in [0.1, 0.15) is 52.4 Å². The van der Waals surface area contributed by atoms with Crippen molar-refractivity contribution in [3.8, 4) is 0 Å². The lowest BCUT2D eigenvalue weighted by Crippen LogP contribution is -2.49. The second kappa shape index (κ2) is 6.11. The highest BCUT2D eigenvalue weighted by atomic mass is 15.2. The van der Waals surface area contributed by atoms with Gasteiger partial charge in [0.1, 0.15) is 5.84 Å². The monoisotopic (exact) mass is 211 g/mol. The predicted octanol–water partition coefficient (Wildman–Crippen LogP) is 2.36. The molecule has 1 fully saturated rings. The van der Waals surface area contributed by atoms with Gasteiger partial charge < -0.3 is 5.73 Å². The van der Waals surface area contributed by atoms with Crippen LogP contribution in [-0.2, 0) is 0 Å². The molecule has 1 aliphatic rings. The van der Waals surface area contributed by atoms with Crippen molar-refractivity contribution >= 4 is 5.84 Å². The van der Waals surface area contributed by atoms with Crippen LogP contribution in [0.2, 0.25) is 0 Å². The largest absolute Gasteiger partial charge is 0.386 e. The van der Waals surface area contributed by atoms with Crippen molar-refractivity contribution in [3.05, 3.63) is 0 Å². The standard InChI is InChI=1S/C12H25N3/c1-3-11(12(13)14)15(4-2)10-8-6-5-7-9-10/h10-11H,3-9H2,1-2H3,(H3,13,14). The smallest absolute Gasteiger partial charge is 0.108 e. The highest BCUT2D eigenvalue weighted by Gasteiger charge is 2.26. The van der Waals surface area contributed by atoms with Gasteiger partial charge in [-0.2, -0.15) is 0 Å². The van der Waals surface area contributed by atoms with E-state index in [2.05, 4.69) is 18.7 Å². The van der Waals surface area contributed by atoms with E-state index < -0.39 is 0 Å². The number of hydrogen-bond donors (Lipinski definition) is 2. The summed E-state index contributed by atoms with van der Waals surface area (Å²) in [5.74, 6) is 0.338. The van der Waals surface area contributed by atoms with E-state index in [-0.39, 0.29) is 6.04 Å². The van der Waals surface area contributed by atoms with Gasteiger partial charge in [-0.05, 0) is 25.8 Å². The molecule has 3 N–H and O–H groups in total. The second-order valence-electron chi connectivity index (χ2n) is 4.50. The Hall–Kier alpha value is -0.570. The average molecular weight is 211 g/mol. The molecule has 3 nitrogen and oxygen atoms in total. The van der Waals surface area contributed by atoms with Gasteiger partial charge in [-0.3, -0.25) is 10.3 Å². The first kappa shape index (κ1) is 12.5. The molecule has 15 heavy (non-hydrogen) atoms. The van der Waals surface area contributed by atoms with Gasteiger partial charge >= 0.3 is 0 Å². The van der Waals surface area contributed by atoms with Crippen LogP contribution in [0.25, 0.3) is 0 Å². The first-order valence-corrected chi connectivity index (χ1v) is 6.30. The van der Waals surface area contributed by atoms with E-state index in [0.29, 0.717) is 11.9 Å². The summed E-state index contributed by atoms with van der Waals surface area (Å²) in [7, 11) is 0. The van der Waals surface area contributed by atoms with Gasteiger partial charge in [-0.1, -0.05) is 33.1 Å². The molecule has 0 aromatic heterocycles. The summed E-state index contributed by atoms with van der Waals surface area (Å²) in [6.07, 6.45) is 7.60. The molecule has 0 saturated heterocycles. The Morgan fingerprint density at radius 1 is 1.33 bits per heavy atom. The van der Waals surface area contributed by atoms with Crippen molar-refractivity contribution in [3.63, 3.8) is 0 Å². The number of hydrogen-bond acceptors (Lipinski definition) is 2. The van der Waals surface area contributed by atoms with Crippen LogP contribution in [-0.4, -0.2) is 29.4 Å². The highest BCUT2D eigenvalue weighted by Crippen LogP contribution is 2.24. The zero-order valence-corrected chi connectivity index (χ0v) is 10.1. The number of nitrogens with two attached hydrogens (primary N) is 1. The van der Waals surface area contributed by atoms with Crippen LogP contribution in [0.3, 0.4) is 0 Å². The maximum Gasteiger partial charge on any atom is 0.108 e. The Morgan fingerprint density at radius 3 is 2.33 bits per heavy atom. The summed E-state index contributed by atoms with van der Waals surface area (Å²) in [4.78, 5) is 2.43. The van der Waals surface area contributed by atoms with Crippen molar-refractivity contribution in [1.29, 1.82) is 5.41 Å². The molecule has 88 valence electrons. The van der Waals surface area contributed by atoms with Crippen molar-refractivity contribution in [2.24, 2.45) is 5.73 Å². The lowest BCUT2D eigenvalue weighted by molar-refractivity contribution is 0.138. The minimum absolute atomic E-state index is 0.165. The third-order valence-electron chi connectivity index (χ3n) is 3.55. The van der Waals surface area contributed by atoms with Gasteiger partial charge in [0.25, 0.3) is 0 Å². The summed E-state index contributed by atoms with van der Waals surface area (Å²) in [5, 5.41) is 7.64. The molecule has 0 aromatic rings. The molecule has 1 rings (SSSR count). The predicted molar refractivity (Wildman–Crippen MR) is 65.2 cm³/mol. The van der Waals surface area contributed by atoms with Crippen LogP contribution in [0.15, 0.2) is 0 Å². The Kier molecular flexibility index (Phi) is 5.09. The molecular formula is C12H25N3. The minimum atomic E-state index is 0.165. The Balaban J connectivity index is 2.62. The van der Waals surface area contributed by atoms with E-state index in [1.54, 1.807) is 0 Å². The first-order chi connectivity index (χ1) is 7.20. The molecule has 0 amide bonds. The third-order valence-corrected chi connectivity index (χ3v) is 3.55. The molecule has 1 unspecified atom stereocenters. The number of amidine groups is 1. The number of nitrogens with one attached hydrogen (secondary N) is 1. The minimum Gasteiger partial charge on any atom is -0.386 e. The fourth-order valence-electron chi connectivity index (χ4n) is 2.78. The van der Waals surface area contributed by atoms with Crippen molar-refractivity contribution in [2.75, 3.05) is 6.54 Å². The van der Waals surface area contributed by atoms with Gasteiger partial charge in [0, 0.05) is 6.04 Å². The van der Waals surface area contributed by atoms with Gasteiger partial charge in [0.2, 0.25) is 0 Å². The van der Waals surface area contributed by atoms with E-state index in [9.17, 15) is 0 Å². The van der Waals surface area contributed by atoms with Crippen LogP contribution in [0, 0.1) is 5.41 Å². The van der Waals surface area contributed by atoms with Crippen molar-refractivity contribution in [2.45, 2.75) is 64.5 Å². The van der Waals surface area contributed by atoms with E-state index in [0.717, 1.165) is 13.0 Å². The zero-order valence-electron chi connectivity index (χ0n) is 10.1. The molecule has 1 saturated carbocycles. The van der Waals surface area contributed by atoms with E-state index in [1.807, 2.05) is 0 Å². The summed E-state index contributed by atoms with van der Waals surface area (Å²) in [6, 6.07) is 0.829. The van der Waals surface area contributed by atoms with Gasteiger partial charge in [-0.25, -0.2) is 0 Å². The molecule has 0 radical (unpaired) electrons. The van der Waals surface area contributed by atoms with E-state index in [4.69, 9.17) is 11.1 Å². The second-order valence-corrected chi connectivity index (χ2v) is 4.50. The SMILES string of the molecule is CCC(C(=N)N)N(CC)C1CCCCC1. The molecule has 1 atom stereocenters. The van der Waals surface area contributed by atoms with Crippen molar-refractivity contribution in [1.82, 2.24) is 4.90 Å². The number of likely N-dealkylation sites (N-methyl/N-ethyl adjacent to an activating group) is 1. The maximum absolute atomic E-state index is 7.64. The Labute approximate surface area is 93.5 Å². The summed E-state index contributed by atoms with van der Waals surface area (Å²) >= 11 is 0. The Bertz CT molecular complexity index is 197. The average Bonchev–Trinajstić information content (AvgIpc) is 2.26. The van der Waals surface area contributed by atoms with Gasteiger partial charge in [-0.15, -0.1) is 0 Å². The van der Waals surface area contributed by atoms with Crippen LogP contribution in [0.5, 0.6) is 0 Å². The van der Waals surface area contributed by atoms with Gasteiger partial charge in [0.15, 0.2) is 0 Å². The zero-order chi connectivity index (χ0) is 11.3. The van der Waals surface area contributed by atoms with Gasteiger partial charge in [0.05, 0.1) is 6.04 Å². The molecule has 1 aliphatic carbocycles. The molecule has 3 heteroatoms. The van der Waals surface area contributed by atoms with E-state index in [1.165, 1.54) is 32.1 Å². The summed E-state index contributed by atoms with van der Waals surface area (Å²) in [5.41, 5.74) is 5.67. The number of rotatable bonds is 5. The topological polar surface area (TPSA) is 53.1 Å². The lowest BCUT2D eigenvalue weighted by Gasteiger charge is -2.38.